The number of rotatable bonds is 5. The van der Waals surface area contributed by atoms with Crippen molar-refractivity contribution in [3.63, 3.8) is 0 Å². The Bertz CT molecular complexity index is 1110. The maximum Gasteiger partial charge on any atom is 0.338 e. The lowest BCUT2D eigenvalue weighted by Gasteiger charge is -2.29. The molecule has 0 radical (unpaired) electrons. The van der Waals surface area contributed by atoms with E-state index in [1.54, 1.807) is 30.3 Å². The molecule has 0 saturated carbocycles. The maximum absolute atomic E-state index is 12.5. The highest BCUT2D eigenvalue weighted by Gasteiger charge is 2.25. The lowest BCUT2D eigenvalue weighted by Crippen LogP contribution is -2.34. The molecule has 2 aliphatic heterocycles. The van der Waals surface area contributed by atoms with Crippen LogP contribution in [0.5, 0.6) is 11.5 Å². The molecule has 4 rings (SSSR count). The molecule has 158 valence electrons. The van der Waals surface area contributed by atoms with Crippen molar-refractivity contribution in [3.05, 3.63) is 53.1 Å². The number of benzene rings is 2. The first kappa shape index (κ1) is 20.2. The van der Waals surface area contributed by atoms with Crippen LogP contribution in [-0.4, -0.2) is 52.8 Å². The van der Waals surface area contributed by atoms with E-state index in [1.165, 1.54) is 16.6 Å². The van der Waals surface area contributed by atoms with Gasteiger partial charge in [0, 0.05) is 12.1 Å². The third-order valence-electron chi connectivity index (χ3n) is 4.99. The van der Waals surface area contributed by atoms with Crippen LogP contribution >= 0.6 is 0 Å². The van der Waals surface area contributed by atoms with Gasteiger partial charge in [-0.15, -0.1) is 0 Å². The Labute approximate surface area is 174 Å². The molecular formula is C21H21NO7S. The van der Waals surface area contributed by atoms with Gasteiger partial charge in [-0.05, 0) is 54.8 Å². The molecule has 2 aromatic rings. The molecule has 2 heterocycles. The van der Waals surface area contributed by atoms with Crippen molar-refractivity contribution in [3.8, 4) is 11.5 Å². The fraction of sp³-hybridized carbons (Fsp3) is 0.333. The number of hydrogen-bond donors (Lipinski definition) is 0. The smallest absolute Gasteiger partial charge is 0.338 e. The van der Waals surface area contributed by atoms with Gasteiger partial charge in [0.15, 0.2) is 23.9 Å². The van der Waals surface area contributed by atoms with Crippen LogP contribution in [0.2, 0.25) is 0 Å². The lowest BCUT2D eigenvalue weighted by molar-refractivity contribution is 0.0474. The third kappa shape index (κ3) is 4.11. The monoisotopic (exact) mass is 431 g/mol. The summed E-state index contributed by atoms with van der Waals surface area (Å²) in [5, 5.41) is 0. The summed E-state index contributed by atoms with van der Waals surface area (Å²) in [6.07, 6.45) is 2.52. The molecule has 0 atom stereocenters. The van der Waals surface area contributed by atoms with Crippen molar-refractivity contribution in [2.75, 3.05) is 36.9 Å². The summed E-state index contributed by atoms with van der Waals surface area (Å²) >= 11 is 0. The molecule has 0 saturated heterocycles. The van der Waals surface area contributed by atoms with E-state index < -0.39 is 22.6 Å². The van der Waals surface area contributed by atoms with Crippen molar-refractivity contribution in [2.45, 2.75) is 12.8 Å². The molecule has 9 heteroatoms. The number of aryl methyl sites for hydroxylation is 1. The number of Topliss-reactive ketones (excluding diaryl/α,β-unsaturated/α-hetero) is 1. The van der Waals surface area contributed by atoms with Crippen LogP contribution in [0.15, 0.2) is 36.4 Å². The zero-order valence-electron chi connectivity index (χ0n) is 16.4. The molecule has 0 amide bonds. The first-order valence-corrected chi connectivity index (χ1v) is 11.4. The second-order valence-corrected chi connectivity index (χ2v) is 9.05. The van der Waals surface area contributed by atoms with Gasteiger partial charge in [-0.3, -0.25) is 9.10 Å². The number of sulfonamides is 1. The summed E-state index contributed by atoms with van der Waals surface area (Å²) in [6.45, 7) is 0.862. The van der Waals surface area contributed by atoms with E-state index in [4.69, 9.17) is 14.2 Å². The Balaban J connectivity index is 1.44. The van der Waals surface area contributed by atoms with Crippen LogP contribution < -0.4 is 13.8 Å². The summed E-state index contributed by atoms with van der Waals surface area (Å²) in [4.78, 5) is 24.8. The highest BCUT2D eigenvalue weighted by Crippen LogP contribution is 2.31. The average molecular weight is 431 g/mol. The topological polar surface area (TPSA) is 99.2 Å². The fourth-order valence-electron chi connectivity index (χ4n) is 3.55. The number of ether oxygens (including phenoxy) is 3. The van der Waals surface area contributed by atoms with Crippen LogP contribution in [0.25, 0.3) is 0 Å². The Hall–Kier alpha value is -3.07. The minimum absolute atomic E-state index is 0.265. The minimum atomic E-state index is -3.37. The van der Waals surface area contributed by atoms with Crippen LogP contribution in [-0.2, 0) is 21.2 Å². The van der Waals surface area contributed by atoms with E-state index in [-0.39, 0.29) is 11.3 Å². The fourth-order valence-corrected chi connectivity index (χ4v) is 4.54. The van der Waals surface area contributed by atoms with Crippen LogP contribution in [0.1, 0.15) is 32.7 Å². The Kier molecular flexibility index (Phi) is 5.38. The lowest BCUT2D eigenvalue weighted by atomic mass is 9.99. The van der Waals surface area contributed by atoms with Crippen LogP contribution in [0, 0.1) is 0 Å². The minimum Gasteiger partial charge on any atom is -0.486 e. The highest BCUT2D eigenvalue weighted by atomic mass is 32.2. The van der Waals surface area contributed by atoms with Gasteiger partial charge in [0.1, 0.15) is 13.2 Å². The standard InChI is InChI=1S/C21H21NO7S/c1-30(25,26)22-8-2-3-14-11-15(4-6-17(14)22)18(23)13-29-21(24)16-5-7-19-20(12-16)28-10-9-27-19/h4-7,11-12H,2-3,8-10,13H2,1H3. The number of nitrogens with zero attached hydrogens (tertiary/aromatic N) is 1. The van der Waals surface area contributed by atoms with Gasteiger partial charge in [0.25, 0.3) is 0 Å². The quantitative estimate of drug-likeness (QED) is 0.529. The highest BCUT2D eigenvalue weighted by molar-refractivity contribution is 7.92. The number of carbonyl (C=O) groups excluding carboxylic acids is 2. The molecule has 2 aliphatic rings. The summed E-state index contributed by atoms with van der Waals surface area (Å²) in [5.74, 6) is 0.0277. The van der Waals surface area contributed by atoms with E-state index in [9.17, 15) is 18.0 Å². The second kappa shape index (κ2) is 7.98. The van der Waals surface area contributed by atoms with Gasteiger partial charge < -0.3 is 14.2 Å². The Morgan fingerprint density at radius 1 is 1.03 bits per heavy atom. The van der Waals surface area contributed by atoms with Gasteiger partial charge in [-0.25, -0.2) is 13.2 Å². The third-order valence-corrected chi connectivity index (χ3v) is 6.17. The van der Waals surface area contributed by atoms with Gasteiger partial charge in [-0.1, -0.05) is 0 Å². The van der Waals surface area contributed by atoms with Crippen molar-refractivity contribution in [2.24, 2.45) is 0 Å². The molecule has 0 unspecified atom stereocenters. The maximum atomic E-state index is 12.5. The first-order valence-electron chi connectivity index (χ1n) is 9.53. The molecule has 0 spiro atoms. The number of hydrogen-bond acceptors (Lipinski definition) is 7. The van der Waals surface area contributed by atoms with Gasteiger partial charge in [0.2, 0.25) is 10.0 Å². The Morgan fingerprint density at radius 3 is 2.53 bits per heavy atom. The van der Waals surface area contributed by atoms with Gasteiger partial charge in [0.05, 0.1) is 17.5 Å². The van der Waals surface area contributed by atoms with Crippen LogP contribution in [0.4, 0.5) is 5.69 Å². The van der Waals surface area contributed by atoms with E-state index in [2.05, 4.69) is 0 Å². The zero-order valence-corrected chi connectivity index (χ0v) is 17.2. The summed E-state index contributed by atoms with van der Waals surface area (Å²) in [7, 11) is -3.37. The SMILES string of the molecule is CS(=O)(=O)N1CCCc2cc(C(=O)COC(=O)c3ccc4c(c3)OCCO4)ccc21. The first-order chi connectivity index (χ1) is 14.3. The van der Waals surface area contributed by atoms with Crippen molar-refractivity contribution >= 4 is 27.5 Å². The summed E-state index contributed by atoms with van der Waals surface area (Å²) < 4.78 is 41.3. The van der Waals surface area contributed by atoms with Crippen molar-refractivity contribution in [1.82, 2.24) is 0 Å². The molecule has 2 aromatic carbocycles. The van der Waals surface area contributed by atoms with Crippen LogP contribution in [0.3, 0.4) is 0 Å². The molecule has 0 aromatic heterocycles. The zero-order chi connectivity index (χ0) is 21.3. The van der Waals surface area contributed by atoms with E-state index in [0.717, 1.165) is 5.56 Å². The molecule has 0 N–H and O–H groups in total. The molecule has 30 heavy (non-hydrogen) atoms. The van der Waals surface area contributed by atoms with E-state index in [1.807, 2.05) is 0 Å². The molecule has 0 fully saturated rings. The van der Waals surface area contributed by atoms with E-state index >= 15 is 0 Å². The molecule has 0 bridgehead atoms. The predicted molar refractivity (Wildman–Crippen MR) is 109 cm³/mol. The summed E-state index contributed by atoms with van der Waals surface area (Å²) in [5.41, 5.74) is 2.02. The van der Waals surface area contributed by atoms with E-state index in [0.29, 0.717) is 55.4 Å². The number of carbonyl (C=O) groups is 2. The molecule has 0 aliphatic carbocycles. The number of fused-ring (bicyclic) bond motifs is 2. The normalized spacial score (nSPS) is 15.3. The largest absolute Gasteiger partial charge is 0.486 e. The second-order valence-electron chi connectivity index (χ2n) is 7.14. The number of anilines is 1. The van der Waals surface area contributed by atoms with Gasteiger partial charge >= 0.3 is 5.97 Å². The van der Waals surface area contributed by atoms with Crippen molar-refractivity contribution < 1.29 is 32.2 Å². The molecular weight excluding hydrogens is 410 g/mol. The van der Waals surface area contributed by atoms with Crippen molar-refractivity contribution in [1.29, 1.82) is 0 Å². The summed E-state index contributed by atoms with van der Waals surface area (Å²) in [6, 6.07) is 9.57. The van der Waals surface area contributed by atoms with Gasteiger partial charge in [-0.2, -0.15) is 0 Å². The molecule has 8 nitrogen and oxygen atoms in total. The average Bonchev–Trinajstić information content (AvgIpc) is 2.75. The predicted octanol–water partition coefficient (Wildman–Crippen LogP) is 2.21. The number of esters is 1. The Morgan fingerprint density at radius 2 is 1.77 bits per heavy atom. The number of ketones is 1.